The second-order valence-electron chi connectivity index (χ2n) is 4.71. The van der Waals surface area contributed by atoms with Crippen molar-refractivity contribution >= 4 is 12.1 Å². The van der Waals surface area contributed by atoms with Crippen LogP contribution in [-0.4, -0.2) is 48.3 Å². The number of cyclic esters (lactones) is 1. The molecule has 0 bridgehead atoms. The number of carbonyl (C=O) groups is 2. The van der Waals surface area contributed by atoms with Gasteiger partial charge in [-0.2, -0.15) is 0 Å². The third kappa shape index (κ3) is 3.69. The Balaban J connectivity index is 2.43. The Morgan fingerprint density at radius 3 is 2.69 bits per heavy atom. The quantitative estimate of drug-likeness (QED) is 0.696. The fraction of sp³-hybridized carbons (Fsp3) is 0.800. The number of nitrogens with zero attached hydrogens (tertiary/aromatic N) is 1. The summed E-state index contributed by atoms with van der Waals surface area (Å²) in [5.41, 5.74) is 4.82. The molecule has 1 atom stereocenters. The van der Waals surface area contributed by atoms with Gasteiger partial charge in [0, 0.05) is 6.54 Å². The van der Waals surface area contributed by atoms with Gasteiger partial charge >= 0.3 is 12.1 Å². The number of rotatable bonds is 3. The van der Waals surface area contributed by atoms with Crippen molar-refractivity contribution in [1.82, 2.24) is 4.90 Å². The average molecular weight is 230 g/mol. The van der Waals surface area contributed by atoms with Crippen molar-refractivity contribution in [2.24, 2.45) is 5.73 Å². The molecule has 1 saturated heterocycles. The maximum Gasteiger partial charge on any atom is 0.410 e. The van der Waals surface area contributed by atoms with Gasteiger partial charge in [-0.05, 0) is 20.8 Å². The smallest absolute Gasteiger partial charge is 0.410 e. The normalized spacial score (nSPS) is 20.9. The first-order valence-corrected chi connectivity index (χ1v) is 5.19. The second kappa shape index (κ2) is 4.69. The molecule has 1 aliphatic rings. The van der Waals surface area contributed by atoms with Crippen molar-refractivity contribution in [3.05, 3.63) is 0 Å². The lowest BCUT2D eigenvalue weighted by atomic mass is 10.2. The molecule has 16 heavy (non-hydrogen) atoms. The van der Waals surface area contributed by atoms with E-state index in [0.29, 0.717) is 6.54 Å². The van der Waals surface area contributed by atoms with E-state index >= 15 is 0 Å². The molecule has 0 spiro atoms. The summed E-state index contributed by atoms with van der Waals surface area (Å²) in [5, 5.41) is 0. The van der Waals surface area contributed by atoms with E-state index in [4.69, 9.17) is 15.2 Å². The van der Waals surface area contributed by atoms with Crippen LogP contribution in [0.3, 0.4) is 0 Å². The van der Waals surface area contributed by atoms with Gasteiger partial charge in [0.05, 0.1) is 6.54 Å². The van der Waals surface area contributed by atoms with Crippen LogP contribution in [0.2, 0.25) is 0 Å². The fourth-order valence-electron chi connectivity index (χ4n) is 1.36. The number of nitrogens with two attached hydrogens (primary N) is 1. The van der Waals surface area contributed by atoms with Gasteiger partial charge in [-0.3, -0.25) is 9.69 Å². The predicted octanol–water partition coefficient (Wildman–Crippen LogP) is 0.108. The zero-order valence-corrected chi connectivity index (χ0v) is 9.86. The first kappa shape index (κ1) is 12.8. The number of ether oxygens (including phenoxy) is 2. The second-order valence-corrected chi connectivity index (χ2v) is 4.71. The third-order valence-electron chi connectivity index (χ3n) is 1.95. The highest BCUT2D eigenvalue weighted by molar-refractivity contribution is 5.79. The highest BCUT2D eigenvalue weighted by Crippen LogP contribution is 2.12. The van der Waals surface area contributed by atoms with Crippen LogP contribution in [0.5, 0.6) is 0 Å². The molecule has 1 rings (SSSR count). The van der Waals surface area contributed by atoms with E-state index in [0.717, 1.165) is 0 Å². The van der Waals surface area contributed by atoms with E-state index in [1.165, 1.54) is 4.90 Å². The van der Waals surface area contributed by atoms with Crippen LogP contribution in [0.25, 0.3) is 0 Å². The lowest BCUT2D eigenvalue weighted by molar-refractivity contribution is -0.155. The maximum absolute atomic E-state index is 11.5. The monoisotopic (exact) mass is 230 g/mol. The summed E-state index contributed by atoms with van der Waals surface area (Å²) in [5.74, 6) is -0.442. The molecule has 1 unspecified atom stereocenters. The van der Waals surface area contributed by atoms with Crippen molar-refractivity contribution in [3.8, 4) is 0 Å². The zero-order valence-electron chi connectivity index (χ0n) is 9.86. The SMILES string of the molecule is CC(C)(C)OC(=O)CN1CC(CN)OC1=O. The average Bonchev–Trinajstić information content (AvgIpc) is 2.44. The Hall–Kier alpha value is -1.30. The van der Waals surface area contributed by atoms with Gasteiger partial charge in [0.1, 0.15) is 18.2 Å². The Bertz CT molecular complexity index is 285. The summed E-state index contributed by atoms with van der Waals surface area (Å²) < 4.78 is 10.0. The molecule has 0 radical (unpaired) electrons. The largest absolute Gasteiger partial charge is 0.459 e. The van der Waals surface area contributed by atoms with Gasteiger partial charge in [0.2, 0.25) is 0 Å². The summed E-state index contributed by atoms with van der Waals surface area (Å²) in [7, 11) is 0. The molecule has 6 heteroatoms. The van der Waals surface area contributed by atoms with Crippen LogP contribution >= 0.6 is 0 Å². The summed E-state index contributed by atoms with van der Waals surface area (Å²) in [6.45, 7) is 5.83. The van der Waals surface area contributed by atoms with Crippen molar-refractivity contribution < 1.29 is 19.1 Å². The minimum absolute atomic E-state index is 0.0907. The number of hydrogen-bond donors (Lipinski definition) is 1. The van der Waals surface area contributed by atoms with E-state index in [9.17, 15) is 9.59 Å². The Labute approximate surface area is 94.7 Å². The Morgan fingerprint density at radius 2 is 2.25 bits per heavy atom. The molecule has 1 heterocycles. The van der Waals surface area contributed by atoms with Crippen LogP contribution in [0.1, 0.15) is 20.8 Å². The van der Waals surface area contributed by atoms with Crippen LogP contribution in [-0.2, 0) is 14.3 Å². The minimum atomic E-state index is -0.548. The van der Waals surface area contributed by atoms with Crippen molar-refractivity contribution in [2.75, 3.05) is 19.6 Å². The van der Waals surface area contributed by atoms with Crippen molar-refractivity contribution in [3.63, 3.8) is 0 Å². The van der Waals surface area contributed by atoms with Gasteiger partial charge in [-0.1, -0.05) is 0 Å². The van der Waals surface area contributed by atoms with E-state index in [-0.39, 0.29) is 19.2 Å². The first-order valence-electron chi connectivity index (χ1n) is 5.19. The summed E-state index contributed by atoms with van der Waals surface area (Å²) in [6, 6.07) is 0. The fourth-order valence-corrected chi connectivity index (χ4v) is 1.36. The van der Waals surface area contributed by atoms with Gasteiger partial charge < -0.3 is 15.2 Å². The van der Waals surface area contributed by atoms with Gasteiger partial charge in [0.15, 0.2) is 0 Å². The van der Waals surface area contributed by atoms with Crippen molar-refractivity contribution in [1.29, 1.82) is 0 Å². The van der Waals surface area contributed by atoms with E-state index < -0.39 is 17.7 Å². The number of hydrogen-bond acceptors (Lipinski definition) is 5. The molecule has 2 N–H and O–H groups in total. The predicted molar refractivity (Wildman–Crippen MR) is 56.7 cm³/mol. The van der Waals surface area contributed by atoms with E-state index in [2.05, 4.69) is 0 Å². The molecule has 6 nitrogen and oxygen atoms in total. The molecule has 1 aliphatic heterocycles. The molecular weight excluding hydrogens is 212 g/mol. The van der Waals surface area contributed by atoms with Crippen LogP contribution < -0.4 is 5.73 Å². The van der Waals surface area contributed by atoms with Crippen LogP contribution in [0.15, 0.2) is 0 Å². The maximum atomic E-state index is 11.5. The lowest BCUT2D eigenvalue weighted by Crippen LogP contribution is -2.36. The standard InChI is InChI=1S/C10H18N2O4/c1-10(2,3)16-8(13)6-12-5-7(4-11)15-9(12)14/h7H,4-6,11H2,1-3H3. The molecular formula is C10H18N2O4. The van der Waals surface area contributed by atoms with Crippen molar-refractivity contribution in [2.45, 2.75) is 32.5 Å². The molecule has 0 aromatic carbocycles. The molecule has 0 saturated carbocycles. The van der Waals surface area contributed by atoms with Crippen LogP contribution in [0, 0.1) is 0 Å². The number of carbonyl (C=O) groups excluding carboxylic acids is 2. The zero-order chi connectivity index (χ0) is 12.3. The summed E-state index contributed by atoms with van der Waals surface area (Å²) >= 11 is 0. The first-order chi connectivity index (χ1) is 7.31. The molecule has 92 valence electrons. The molecule has 0 aliphatic carbocycles. The highest BCUT2D eigenvalue weighted by atomic mass is 16.6. The Kier molecular flexibility index (Phi) is 3.74. The summed E-state index contributed by atoms with van der Waals surface area (Å²) in [4.78, 5) is 24.0. The highest BCUT2D eigenvalue weighted by Gasteiger charge is 2.32. The molecule has 0 aromatic heterocycles. The molecule has 1 amide bonds. The van der Waals surface area contributed by atoms with Gasteiger partial charge in [-0.15, -0.1) is 0 Å². The van der Waals surface area contributed by atoms with Gasteiger partial charge in [-0.25, -0.2) is 4.79 Å². The van der Waals surface area contributed by atoms with E-state index in [1.807, 2.05) is 0 Å². The molecule has 1 fully saturated rings. The lowest BCUT2D eigenvalue weighted by Gasteiger charge is -2.21. The van der Waals surface area contributed by atoms with E-state index in [1.54, 1.807) is 20.8 Å². The number of amides is 1. The molecule has 0 aromatic rings. The van der Waals surface area contributed by atoms with Crippen LogP contribution in [0.4, 0.5) is 4.79 Å². The minimum Gasteiger partial charge on any atom is -0.459 e. The number of esters is 1. The van der Waals surface area contributed by atoms with Gasteiger partial charge in [0.25, 0.3) is 0 Å². The summed E-state index contributed by atoms with van der Waals surface area (Å²) in [6.07, 6.45) is -0.837. The Morgan fingerprint density at radius 1 is 1.62 bits per heavy atom. The third-order valence-corrected chi connectivity index (χ3v) is 1.95. The topological polar surface area (TPSA) is 81.9 Å².